The zero-order chi connectivity index (χ0) is 31.1. The van der Waals surface area contributed by atoms with Gasteiger partial charge < -0.3 is 10.2 Å². The summed E-state index contributed by atoms with van der Waals surface area (Å²) < 4.78 is 27.0. The van der Waals surface area contributed by atoms with Gasteiger partial charge >= 0.3 is 0 Å². The largest absolute Gasteiger partial charge is 0.377 e. The second-order valence-electron chi connectivity index (χ2n) is 12.2. The number of nitrogens with one attached hydrogen (secondary N) is 2. The van der Waals surface area contributed by atoms with Crippen LogP contribution in [0.15, 0.2) is 35.3 Å². The number of hydrogen-bond acceptors (Lipinski definition) is 10. The number of piperidine rings is 1. The fraction of sp³-hybridized carbons (Fsp3) is 0.448. The highest BCUT2D eigenvalue weighted by Gasteiger charge is 2.58. The molecule has 3 aliphatic rings. The first-order valence-corrected chi connectivity index (χ1v) is 16.8. The van der Waals surface area contributed by atoms with Gasteiger partial charge in [0.15, 0.2) is 5.69 Å². The summed E-state index contributed by atoms with van der Waals surface area (Å²) in [4.78, 5) is 39.6. The van der Waals surface area contributed by atoms with Crippen molar-refractivity contribution in [2.24, 2.45) is 18.9 Å². The number of amides is 1. The van der Waals surface area contributed by atoms with E-state index in [-0.39, 0.29) is 22.1 Å². The Labute approximate surface area is 258 Å². The molecule has 0 radical (unpaired) electrons. The molecule has 2 N–H and O–H groups in total. The van der Waals surface area contributed by atoms with Crippen LogP contribution in [0.4, 0.5) is 11.6 Å². The van der Waals surface area contributed by atoms with E-state index in [9.17, 15) is 18.0 Å². The fourth-order valence-electron chi connectivity index (χ4n) is 6.46. The molecule has 3 fully saturated rings. The van der Waals surface area contributed by atoms with E-state index in [0.717, 1.165) is 49.0 Å². The number of hydrogen-bond donors (Lipinski definition) is 2. The molecular weight excluding hydrogens is 606 g/mol. The van der Waals surface area contributed by atoms with Crippen LogP contribution in [0.25, 0.3) is 10.9 Å². The monoisotopic (exact) mass is 637 g/mol. The maximum atomic E-state index is 13.7. The second-order valence-corrected chi connectivity index (χ2v) is 14.3. The van der Waals surface area contributed by atoms with Crippen molar-refractivity contribution in [3.05, 3.63) is 68.5 Å². The van der Waals surface area contributed by atoms with Crippen LogP contribution in [0.2, 0.25) is 5.15 Å². The van der Waals surface area contributed by atoms with Gasteiger partial charge in [-0.15, -0.1) is 0 Å². The minimum Gasteiger partial charge on any atom is -0.377 e. The van der Waals surface area contributed by atoms with Gasteiger partial charge in [0.05, 0.1) is 46.8 Å². The summed E-state index contributed by atoms with van der Waals surface area (Å²) in [6.07, 6.45) is 5.09. The molecular formula is C29H32ClN9O4S. The number of carbonyl (C=O) groups excluding carboxylic acids is 1. The first-order chi connectivity index (χ1) is 20.9. The van der Waals surface area contributed by atoms with E-state index in [4.69, 9.17) is 21.7 Å². The molecule has 4 atom stereocenters. The van der Waals surface area contributed by atoms with E-state index in [1.165, 1.54) is 6.07 Å². The first-order valence-electron chi connectivity index (χ1n) is 14.5. The molecule has 3 aromatic heterocycles. The summed E-state index contributed by atoms with van der Waals surface area (Å²) in [5, 5.41) is 13.0. The Morgan fingerprint density at radius 2 is 1.86 bits per heavy atom. The Morgan fingerprint density at radius 1 is 1.14 bits per heavy atom. The number of sulfonamides is 1. The Kier molecular flexibility index (Phi) is 6.70. The molecule has 2 aliphatic carbocycles. The van der Waals surface area contributed by atoms with Crippen LogP contribution in [0, 0.1) is 18.8 Å². The number of pyridine rings is 1. The molecule has 7 rings (SSSR count). The van der Waals surface area contributed by atoms with Crippen molar-refractivity contribution in [1.82, 2.24) is 34.3 Å². The third-order valence-corrected chi connectivity index (χ3v) is 9.51. The van der Waals surface area contributed by atoms with Crippen molar-refractivity contribution in [1.29, 1.82) is 0 Å². The summed E-state index contributed by atoms with van der Waals surface area (Å²) in [5.74, 6) is 0.974. The number of nitrogens with zero attached hydrogens (tertiary/aromatic N) is 7. The molecule has 4 heterocycles. The SMILES string of the molecule is Cc1cc([C@@H](C)Nc2ccc(Cl)nc2C(=O)NS(C)(=O)=O)c2nc(N3C[C@@H]4C(c5cnn(C6CC6)n5)[C@@H]4C3)n(C)c(=O)c2c1. The van der Waals surface area contributed by atoms with Crippen LogP contribution in [-0.4, -0.2) is 63.2 Å². The van der Waals surface area contributed by atoms with Crippen LogP contribution in [-0.2, 0) is 17.1 Å². The van der Waals surface area contributed by atoms with E-state index in [0.29, 0.717) is 40.6 Å². The molecule has 4 aromatic rings. The predicted molar refractivity (Wildman–Crippen MR) is 166 cm³/mol. The molecule has 0 spiro atoms. The number of benzene rings is 1. The summed E-state index contributed by atoms with van der Waals surface area (Å²) in [6, 6.07) is 6.87. The van der Waals surface area contributed by atoms with Gasteiger partial charge in [-0.3, -0.25) is 14.2 Å². The summed E-state index contributed by atoms with van der Waals surface area (Å²) in [5.41, 5.74) is 3.22. The first kappa shape index (κ1) is 28.7. The highest BCUT2D eigenvalue weighted by Crippen LogP contribution is 2.58. The lowest BCUT2D eigenvalue weighted by atomic mass is 10.0. The fourth-order valence-corrected chi connectivity index (χ4v) is 7.04. The van der Waals surface area contributed by atoms with E-state index in [1.807, 2.05) is 41.7 Å². The number of aryl methyl sites for hydroxylation is 1. The number of carbonyl (C=O) groups is 1. The molecule has 2 saturated carbocycles. The number of aromatic nitrogens is 6. The minimum absolute atomic E-state index is 0.0380. The Morgan fingerprint density at radius 3 is 2.55 bits per heavy atom. The van der Waals surface area contributed by atoms with E-state index >= 15 is 0 Å². The third kappa shape index (κ3) is 5.19. The van der Waals surface area contributed by atoms with E-state index in [1.54, 1.807) is 17.7 Å². The van der Waals surface area contributed by atoms with Crippen molar-refractivity contribution in [3.63, 3.8) is 0 Å². The zero-order valence-electron chi connectivity index (χ0n) is 24.7. The van der Waals surface area contributed by atoms with Gasteiger partial charge in [0.2, 0.25) is 16.0 Å². The molecule has 1 amide bonds. The Bertz CT molecular complexity index is 1990. The summed E-state index contributed by atoms with van der Waals surface area (Å²) >= 11 is 6.04. The lowest BCUT2D eigenvalue weighted by molar-refractivity contribution is 0.0977. The maximum absolute atomic E-state index is 13.7. The van der Waals surface area contributed by atoms with Gasteiger partial charge in [-0.05, 0) is 62.3 Å². The average molecular weight is 638 g/mol. The molecule has 1 aliphatic heterocycles. The molecule has 230 valence electrons. The number of anilines is 2. The van der Waals surface area contributed by atoms with Gasteiger partial charge in [-0.1, -0.05) is 17.7 Å². The van der Waals surface area contributed by atoms with Gasteiger partial charge in [0.25, 0.3) is 11.5 Å². The van der Waals surface area contributed by atoms with Crippen LogP contribution < -0.4 is 20.5 Å². The topological polar surface area (TPSA) is 157 Å². The number of halogens is 1. The van der Waals surface area contributed by atoms with Crippen LogP contribution in [0.1, 0.15) is 65.1 Å². The van der Waals surface area contributed by atoms with Crippen LogP contribution >= 0.6 is 11.6 Å². The molecule has 1 aromatic carbocycles. The normalized spacial score (nSPS) is 21.8. The number of fused-ring (bicyclic) bond motifs is 2. The third-order valence-electron chi connectivity index (χ3n) is 8.74. The highest BCUT2D eigenvalue weighted by atomic mass is 35.5. The Hall–Kier alpha value is -4.04. The number of rotatable bonds is 8. The van der Waals surface area contributed by atoms with Gasteiger partial charge in [0, 0.05) is 31.6 Å². The smallest absolute Gasteiger partial charge is 0.285 e. The standard InChI is InChI=1S/C29H32ClN9O4S/c1-14-9-17(15(2)32-21-7-8-23(30)33-26(21)27(40)36-44(4,42)43)25-18(10-14)28(41)37(3)29(34-25)38-12-19-20(13-38)24(19)22-11-31-39(35-22)16-5-6-16/h7-11,15-16,19-20,24,32H,5-6,12-13H2,1-4H3,(H,36,40)/t15-,19-,20+,24?/m1/s1. The summed E-state index contributed by atoms with van der Waals surface area (Å²) in [6.45, 7) is 5.35. The van der Waals surface area contributed by atoms with Crippen molar-refractivity contribution >= 4 is 50.1 Å². The van der Waals surface area contributed by atoms with Crippen molar-refractivity contribution < 1.29 is 13.2 Å². The minimum atomic E-state index is -3.83. The van der Waals surface area contributed by atoms with Gasteiger partial charge in [-0.2, -0.15) is 15.0 Å². The second kappa shape index (κ2) is 10.3. The summed E-state index contributed by atoms with van der Waals surface area (Å²) in [7, 11) is -2.08. The van der Waals surface area contributed by atoms with E-state index < -0.39 is 22.0 Å². The van der Waals surface area contributed by atoms with Gasteiger partial charge in [0.1, 0.15) is 5.15 Å². The van der Waals surface area contributed by atoms with E-state index in [2.05, 4.69) is 20.3 Å². The van der Waals surface area contributed by atoms with Gasteiger partial charge in [-0.25, -0.2) is 23.1 Å². The van der Waals surface area contributed by atoms with Crippen molar-refractivity contribution in [2.75, 3.05) is 29.6 Å². The molecule has 15 heteroatoms. The molecule has 0 bridgehead atoms. The highest BCUT2D eigenvalue weighted by molar-refractivity contribution is 7.89. The Balaban J connectivity index is 1.18. The predicted octanol–water partition coefficient (Wildman–Crippen LogP) is 2.93. The van der Waals surface area contributed by atoms with Crippen LogP contribution in [0.5, 0.6) is 0 Å². The lowest BCUT2D eigenvalue weighted by Gasteiger charge is -2.25. The molecule has 44 heavy (non-hydrogen) atoms. The van der Waals surface area contributed by atoms with Crippen molar-refractivity contribution in [3.8, 4) is 0 Å². The van der Waals surface area contributed by atoms with Crippen molar-refractivity contribution in [2.45, 2.75) is 44.7 Å². The average Bonchev–Trinajstić information content (AvgIpc) is 3.82. The maximum Gasteiger partial charge on any atom is 0.285 e. The quantitative estimate of drug-likeness (QED) is 0.275. The van der Waals surface area contributed by atoms with Crippen LogP contribution in [0.3, 0.4) is 0 Å². The molecule has 13 nitrogen and oxygen atoms in total. The zero-order valence-corrected chi connectivity index (χ0v) is 26.2. The molecule has 1 saturated heterocycles. The lowest BCUT2D eigenvalue weighted by Crippen LogP contribution is -2.32. The molecule has 1 unspecified atom stereocenters.